The van der Waals surface area contributed by atoms with Crippen LogP contribution in [0.1, 0.15) is 39.0 Å². The molecule has 0 fully saturated rings. The minimum Gasteiger partial charge on any atom is -0.351 e. The van der Waals surface area contributed by atoms with Crippen molar-refractivity contribution in [2.45, 2.75) is 46.7 Å². The molecule has 1 aromatic heterocycles. The lowest BCUT2D eigenvalue weighted by Crippen LogP contribution is -2.55. The number of carbonyl (C=O) groups excluding carboxylic acids is 1. The second-order valence-corrected chi connectivity index (χ2v) is 5.91. The maximum Gasteiger partial charge on any atom is 0.227 e. The molecule has 1 heterocycles. The van der Waals surface area contributed by atoms with Gasteiger partial charge in [-0.2, -0.15) is 5.10 Å². The Hall–Kier alpha value is -1.36. The van der Waals surface area contributed by atoms with Gasteiger partial charge < -0.3 is 11.1 Å². The van der Waals surface area contributed by atoms with E-state index in [1.165, 1.54) is 0 Å². The molecule has 1 rings (SSSR count). The van der Waals surface area contributed by atoms with Crippen molar-refractivity contribution in [1.29, 1.82) is 0 Å². The Morgan fingerprint density at radius 1 is 1.44 bits per heavy atom. The van der Waals surface area contributed by atoms with Crippen LogP contribution in [0.15, 0.2) is 6.20 Å². The molecule has 1 aromatic rings. The highest BCUT2D eigenvalue weighted by Gasteiger charge is 2.40. The molecule has 0 aliphatic heterocycles. The van der Waals surface area contributed by atoms with Gasteiger partial charge in [-0.15, -0.1) is 0 Å². The summed E-state index contributed by atoms with van der Waals surface area (Å²) in [5, 5.41) is 7.07. The van der Waals surface area contributed by atoms with Gasteiger partial charge in [-0.3, -0.25) is 9.48 Å². The number of nitrogens with one attached hydrogen (secondary N) is 1. The third-order valence-corrected chi connectivity index (χ3v) is 3.95. The number of amides is 1. The number of rotatable bonds is 4. The Morgan fingerprint density at radius 3 is 2.39 bits per heavy atom. The standard InChI is InChI=1S/C13H24N4O/c1-9-10(8-16-17(9)6)7-15-11(18)12(2,3)13(4,5)14/h8H,7,14H2,1-6H3,(H,15,18). The van der Waals surface area contributed by atoms with E-state index in [-0.39, 0.29) is 5.91 Å². The molecule has 0 spiro atoms. The molecule has 1 amide bonds. The Balaban J connectivity index is 2.70. The Kier molecular flexibility index (Phi) is 3.86. The van der Waals surface area contributed by atoms with Crippen LogP contribution in [0.5, 0.6) is 0 Å². The lowest BCUT2D eigenvalue weighted by molar-refractivity contribution is -0.132. The van der Waals surface area contributed by atoms with Crippen molar-refractivity contribution in [1.82, 2.24) is 15.1 Å². The van der Waals surface area contributed by atoms with E-state index in [0.29, 0.717) is 6.54 Å². The molecule has 0 saturated heterocycles. The lowest BCUT2D eigenvalue weighted by atomic mass is 9.74. The van der Waals surface area contributed by atoms with Crippen LogP contribution in [-0.2, 0) is 18.4 Å². The summed E-state index contributed by atoms with van der Waals surface area (Å²) >= 11 is 0. The van der Waals surface area contributed by atoms with Gasteiger partial charge >= 0.3 is 0 Å². The zero-order chi connectivity index (χ0) is 14.1. The molecule has 5 nitrogen and oxygen atoms in total. The molecule has 5 heteroatoms. The fourth-order valence-electron chi connectivity index (χ4n) is 1.41. The number of hydrogen-bond donors (Lipinski definition) is 2. The van der Waals surface area contributed by atoms with E-state index in [4.69, 9.17) is 5.73 Å². The monoisotopic (exact) mass is 252 g/mol. The van der Waals surface area contributed by atoms with Gasteiger partial charge in [0.15, 0.2) is 0 Å². The smallest absolute Gasteiger partial charge is 0.227 e. The second kappa shape index (κ2) is 4.72. The van der Waals surface area contributed by atoms with E-state index in [1.54, 1.807) is 10.9 Å². The molecule has 0 unspecified atom stereocenters. The predicted octanol–water partition coefficient (Wildman–Crippen LogP) is 1.11. The van der Waals surface area contributed by atoms with Gasteiger partial charge in [0.25, 0.3) is 0 Å². The molecule has 3 N–H and O–H groups in total. The van der Waals surface area contributed by atoms with Crippen LogP contribution < -0.4 is 11.1 Å². The molecular weight excluding hydrogens is 228 g/mol. The minimum atomic E-state index is -0.622. The summed E-state index contributed by atoms with van der Waals surface area (Å²) in [7, 11) is 1.88. The molecule has 0 aliphatic carbocycles. The molecule has 0 atom stereocenters. The van der Waals surface area contributed by atoms with Gasteiger partial charge in [-0.25, -0.2) is 0 Å². The van der Waals surface area contributed by atoms with Crippen LogP contribution >= 0.6 is 0 Å². The Labute approximate surface area is 109 Å². The van der Waals surface area contributed by atoms with Gasteiger partial charge in [0, 0.05) is 30.4 Å². The van der Waals surface area contributed by atoms with E-state index in [2.05, 4.69) is 10.4 Å². The summed E-state index contributed by atoms with van der Waals surface area (Å²) < 4.78 is 1.79. The quantitative estimate of drug-likeness (QED) is 0.843. The average Bonchev–Trinajstić information content (AvgIpc) is 2.55. The Bertz CT molecular complexity index is 440. The van der Waals surface area contributed by atoms with Crippen LogP contribution in [0.3, 0.4) is 0 Å². The van der Waals surface area contributed by atoms with Gasteiger partial charge in [0.2, 0.25) is 5.91 Å². The van der Waals surface area contributed by atoms with E-state index < -0.39 is 11.0 Å². The zero-order valence-corrected chi connectivity index (χ0v) is 12.2. The summed E-state index contributed by atoms with van der Waals surface area (Å²) in [5.74, 6) is -0.0433. The molecule has 0 saturated carbocycles. The molecule has 18 heavy (non-hydrogen) atoms. The number of hydrogen-bond acceptors (Lipinski definition) is 3. The molecule has 0 aliphatic rings. The van der Waals surface area contributed by atoms with Gasteiger partial charge in [-0.05, 0) is 34.6 Å². The van der Waals surface area contributed by atoms with E-state index in [1.807, 2.05) is 41.7 Å². The fourth-order valence-corrected chi connectivity index (χ4v) is 1.41. The van der Waals surface area contributed by atoms with Crippen molar-refractivity contribution in [3.05, 3.63) is 17.5 Å². The third-order valence-electron chi connectivity index (χ3n) is 3.95. The normalized spacial score (nSPS) is 12.6. The number of aryl methyl sites for hydroxylation is 1. The van der Waals surface area contributed by atoms with Crippen LogP contribution in [0.4, 0.5) is 0 Å². The van der Waals surface area contributed by atoms with Crippen LogP contribution in [0, 0.1) is 12.3 Å². The van der Waals surface area contributed by atoms with Crippen molar-refractivity contribution in [2.24, 2.45) is 18.2 Å². The largest absolute Gasteiger partial charge is 0.351 e. The third kappa shape index (κ3) is 2.72. The van der Waals surface area contributed by atoms with Crippen molar-refractivity contribution in [2.75, 3.05) is 0 Å². The van der Waals surface area contributed by atoms with Crippen LogP contribution in [0.25, 0.3) is 0 Å². The zero-order valence-electron chi connectivity index (χ0n) is 12.2. The first-order valence-electron chi connectivity index (χ1n) is 6.12. The summed E-state index contributed by atoms with van der Waals surface area (Å²) in [6.45, 7) is 9.91. The summed E-state index contributed by atoms with van der Waals surface area (Å²) in [5.41, 5.74) is 6.93. The molecule has 0 radical (unpaired) electrons. The van der Waals surface area contributed by atoms with Gasteiger partial charge in [-0.1, -0.05) is 0 Å². The summed E-state index contributed by atoms with van der Waals surface area (Å²) in [6.07, 6.45) is 1.77. The molecule has 0 aromatic carbocycles. The van der Waals surface area contributed by atoms with E-state index in [9.17, 15) is 4.79 Å². The first-order valence-corrected chi connectivity index (χ1v) is 6.12. The maximum absolute atomic E-state index is 12.2. The summed E-state index contributed by atoms with van der Waals surface area (Å²) in [4.78, 5) is 12.2. The highest BCUT2D eigenvalue weighted by molar-refractivity contribution is 5.83. The van der Waals surface area contributed by atoms with Gasteiger partial charge in [0.05, 0.1) is 11.6 Å². The molecule has 0 bridgehead atoms. The average molecular weight is 252 g/mol. The van der Waals surface area contributed by atoms with Crippen LogP contribution in [0.2, 0.25) is 0 Å². The van der Waals surface area contributed by atoms with Crippen molar-refractivity contribution in [3.63, 3.8) is 0 Å². The molecular formula is C13H24N4O. The SMILES string of the molecule is Cc1c(CNC(=O)C(C)(C)C(C)(C)N)cnn1C. The second-order valence-electron chi connectivity index (χ2n) is 5.91. The van der Waals surface area contributed by atoms with Crippen molar-refractivity contribution in [3.8, 4) is 0 Å². The lowest BCUT2D eigenvalue weighted by Gasteiger charge is -2.36. The molecule has 102 valence electrons. The number of carbonyl (C=O) groups is 1. The first kappa shape index (κ1) is 14.7. The summed E-state index contributed by atoms with van der Waals surface area (Å²) in [6, 6.07) is 0. The fraction of sp³-hybridized carbons (Fsp3) is 0.692. The van der Waals surface area contributed by atoms with E-state index >= 15 is 0 Å². The minimum absolute atomic E-state index is 0.0433. The van der Waals surface area contributed by atoms with E-state index in [0.717, 1.165) is 11.3 Å². The Morgan fingerprint density at radius 2 is 2.00 bits per heavy atom. The maximum atomic E-state index is 12.2. The number of nitrogens with two attached hydrogens (primary N) is 1. The highest BCUT2D eigenvalue weighted by atomic mass is 16.2. The highest BCUT2D eigenvalue weighted by Crippen LogP contribution is 2.28. The van der Waals surface area contributed by atoms with Crippen molar-refractivity contribution < 1.29 is 4.79 Å². The van der Waals surface area contributed by atoms with Crippen molar-refractivity contribution >= 4 is 5.91 Å². The number of nitrogens with zero attached hydrogens (tertiary/aromatic N) is 2. The first-order chi connectivity index (χ1) is 8.07. The predicted molar refractivity (Wildman–Crippen MR) is 71.8 cm³/mol. The topological polar surface area (TPSA) is 72.9 Å². The van der Waals surface area contributed by atoms with Crippen LogP contribution in [-0.4, -0.2) is 21.2 Å². The van der Waals surface area contributed by atoms with Gasteiger partial charge in [0.1, 0.15) is 0 Å². The number of aromatic nitrogens is 2.